The molecule has 0 unspecified atom stereocenters. The topological polar surface area (TPSA) is 38.5 Å². The van der Waals surface area contributed by atoms with E-state index in [0.717, 1.165) is 29.5 Å². The third-order valence-electron chi connectivity index (χ3n) is 4.51. The van der Waals surface area contributed by atoms with Gasteiger partial charge in [-0.25, -0.2) is 13.8 Å². The number of oxazole rings is 1. The van der Waals surface area contributed by atoms with Crippen molar-refractivity contribution in [2.75, 3.05) is 13.2 Å². The maximum atomic E-state index is 14.0. The van der Waals surface area contributed by atoms with Crippen LogP contribution in [0.3, 0.4) is 0 Å². The van der Waals surface area contributed by atoms with E-state index in [9.17, 15) is 8.78 Å². The lowest BCUT2D eigenvalue weighted by molar-refractivity contribution is 0.217. The standard InChI is InChI=1S/C20H17ClF2N2O2/c1-12-18(24-20(27-12)16-9-15(22)3-4-17(16)23)11-25-6-7-26-19-5-2-14(21)8-13(19)10-25/h2-5,8-9H,6-7,10-11H2,1H3. The number of halogens is 3. The second kappa shape index (κ2) is 7.29. The van der Waals surface area contributed by atoms with E-state index >= 15 is 0 Å². The summed E-state index contributed by atoms with van der Waals surface area (Å²) < 4.78 is 38.8. The Balaban J connectivity index is 1.58. The van der Waals surface area contributed by atoms with Crippen molar-refractivity contribution < 1.29 is 17.9 Å². The highest BCUT2D eigenvalue weighted by molar-refractivity contribution is 6.30. The van der Waals surface area contributed by atoms with Crippen LogP contribution < -0.4 is 4.74 Å². The van der Waals surface area contributed by atoms with E-state index in [0.29, 0.717) is 42.7 Å². The lowest BCUT2D eigenvalue weighted by Crippen LogP contribution is -2.25. The fourth-order valence-electron chi connectivity index (χ4n) is 3.12. The Morgan fingerprint density at radius 2 is 2.04 bits per heavy atom. The number of ether oxygens (including phenoxy) is 1. The average molecular weight is 391 g/mol. The van der Waals surface area contributed by atoms with E-state index in [1.54, 1.807) is 13.0 Å². The number of benzene rings is 2. The number of fused-ring (bicyclic) bond motifs is 1. The second-order valence-corrected chi connectivity index (χ2v) is 6.89. The minimum absolute atomic E-state index is 0.0145. The molecular formula is C20H17ClF2N2O2. The van der Waals surface area contributed by atoms with Gasteiger partial charge in [-0.3, -0.25) is 4.90 Å². The van der Waals surface area contributed by atoms with Crippen molar-refractivity contribution in [1.82, 2.24) is 9.88 Å². The lowest BCUT2D eigenvalue weighted by Gasteiger charge is -2.18. The number of nitrogens with zero attached hydrogens (tertiary/aromatic N) is 2. The fourth-order valence-corrected chi connectivity index (χ4v) is 3.31. The highest BCUT2D eigenvalue weighted by Crippen LogP contribution is 2.29. The molecule has 0 saturated heterocycles. The summed E-state index contributed by atoms with van der Waals surface area (Å²) in [7, 11) is 0. The summed E-state index contributed by atoms with van der Waals surface area (Å²) in [4.78, 5) is 6.55. The van der Waals surface area contributed by atoms with Gasteiger partial charge in [-0.05, 0) is 43.3 Å². The van der Waals surface area contributed by atoms with Crippen LogP contribution >= 0.6 is 11.6 Å². The Morgan fingerprint density at radius 3 is 2.89 bits per heavy atom. The minimum atomic E-state index is -0.573. The maximum absolute atomic E-state index is 14.0. The van der Waals surface area contributed by atoms with Crippen LogP contribution in [0.2, 0.25) is 5.02 Å². The van der Waals surface area contributed by atoms with Gasteiger partial charge in [0, 0.05) is 30.2 Å². The van der Waals surface area contributed by atoms with Crippen molar-refractivity contribution in [3.05, 3.63) is 70.1 Å². The number of aryl methyl sites for hydroxylation is 1. The van der Waals surface area contributed by atoms with Crippen molar-refractivity contribution in [1.29, 1.82) is 0 Å². The Hall–Kier alpha value is -2.44. The van der Waals surface area contributed by atoms with Crippen LogP contribution in [0.15, 0.2) is 40.8 Å². The number of hydrogen-bond acceptors (Lipinski definition) is 4. The molecule has 140 valence electrons. The molecule has 0 spiro atoms. The van der Waals surface area contributed by atoms with Crippen LogP contribution in [0, 0.1) is 18.6 Å². The summed E-state index contributed by atoms with van der Waals surface area (Å²) in [5.41, 5.74) is 1.69. The van der Waals surface area contributed by atoms with Gasteiger partial charge in [-0.1, -0.05) is 11.6 Å². The number of rotatable bonds is 3. The molecule has 1 aromatic heterocycles. The monoisotopic (exact) mass is 390 g/mol. The van der Waals surface area contributed by atoms with Crippen LogP contribution in [0.25, 0.3) is 11.5 Å². The molecule has 1 aliphatic heterocycles. The van der Waals surface area contributed by atoms with Crippen molar-refractivity contribution in [2.45, 2.75) is 20.0 Å². The van der Waals surface area contributed by atoms with Gasteiger partial charge >= 0.3 is 0 Å². The summed E-state index contributed by atoms with van der Waals surface area (Å²) in [5.74, 6) is 0.360. The zero-order valence-electron chi connectivity index (χ0n) is 14.6. The van der Waals surface area contributed by atoms with E-state index in [1.807, 2.05) is 12.1 Å². The molecule has 1 aliphatic rings. The SMILES string of the molecule is Cc1oc(-c2cc(F)ccc2F)nc1CN1CCOc2ccc(Cl)cc2C1. The fraction of sp³-hybridized carbons (Fsp3) is 0.250. The van der Waals surface area contributed by atoms with Crippen molar-refractivity contribution in [2.24, 2.45) is 0 Å². The molecule has 0 saturated carbocycles. The Labute approximate surface area is 160 Å². The van der Waals surface area contributed by atoms with Crippen LogP contribution in [-0.4, -0.2) is 23.0 Å². The van der Waals surface area contributed by atoms with Crippen LogP contribution in [0.5, 0.6) is 5.75 Å². The predicted molar refractivity (Wildman–Crippen MR) is 97.7 cm³/mol. The highest BCUT2D eigenvalue weighted by atomic mass is 35.5. The van der Waals surface area contributed by atoms with Crippen molar-refractivity contribution in [3.63, 3.8) is 0 Å². The Morgan fingerprint density at radius 1 is 1.19 bits per heavy atom. The first-order valence-corrected chi connectivity index (χ1v) is 8.93. The zero-order chi connectivity index (χ0) is 19.0. The van der Waals surface area contributed by atoms with Gasteiger partial charge in [0.2, 0.25) is 5.89 Å². The van der Waals surface area contributed by atoms with E-state index < -0.39 is 11.6 Å². The largest absolute Gasteiger partial charge is 0.492 e. The van der Waals surface area contributed by atoms with Crippen LogP contribution in [0.1, 0.15) is 17.0 Å². The minimum Gasteiger partial charge on any atom is -0.492 e. The van der Waals surface area contributed by atoms with E-state index in [-0.39, 0.29) is 11.5 Å². The van der Waals surface area contributed by atoms with Crippen molar-refractivity contribution in [3.8, 4) is 17.2 Å². The van der Waals surface area contributed by atoms with Crippen LogP contribution in [0.4, 0.5) is 8.78 Å². The third-order valence-corrected chi connectivity index (χ3v) is 4.74. The summed E-state index contributed by atoms with van der Waals surface area (Å²) in [6.45, 7) is 4.15. The first kappa shape index (κ1) is 17.9. The molecule has 4 nitrogen and oxygen atoms in total. The van der Waals surface area contributed by atoms with Crippen LogP contribution in [-0.2, 0) is 13.1 Å². The third kappa shape index (κ3) is 3.82. The average Bonchev–Trinajstić information content (AvgIpc) is 2.86. The molecule has 4 rings (SSSR count). The van der Waals surface area contributed by atoms with Gasteiger partial charge in [0.1, 0.15) is 29.8 Å². The molecule has 0 atom stereocenters. The zero-order valence-corrected chi connectivity index (χ0v) is 15.4. The highest BCUT2D eigenvalue weighted by Gasteiger charge is 2.20. The first-order chi connectivity index (χ1) is 13.0. The van der Waals surface area contributed by atoms with Gasteiger partial charge in [-0.15, -0.1) is 0 Å². The number of hydrogen-bond donors (Lipinski definition) is 0. The normalized spacial score (nSPS) is 14.5. The first-order valence-electron chi connectivity index (χ1n) is 8.55. The van der Waals surface area contributed by atoms with Crippen molar-refractivity contribution >= 4 is 11.6 Å². The van der Waals surface area contributed by atoms with Gasteiger partial charge in [0.25, 0.3) is 0 Å². The molecule has 2 heterocycles. The summed E-state index contributed by atoms with van der Waals surface area (Å²) in [6, 6.07) is 8.78. The molecule has 0 amide bonds. The van der Waals surface area contributed by atoms with Gasteiger partial charge < -0.3 is 9.15 Å². The van der Waals surface area contributed by atoms with Gasteiger partial charge in [0.05, 0.1) is 11.3 Å². The Bertz CT molecular complexity index is 990. The van der Waals surface area contributed by atoms with Gasteiger partial charge in [-0.2, -0.15) is 0 Å². The van der Waals surface area contributed by atoms with Gasteiger partial charge in [0.15, 0.2) is 0 Å². The summed E-state index contributed by atoms with van der Waals surface area (Å²) >= 11 is 6.09. The molecular weight excluding hydrogens is 374 g/mol. The molecule has 0 bridgehead atoms. The molecule has 0 N–H and O–H groups in total. The lowest BCUT2D eigenvalue weighted by atomic mass is 10.2. The smallest absolute Gasteiger partial charge is 0.229 e. The Kier molecular flexibility index (Phi) is 4.85. The van der Waals surface area contributed by atoms with E-state index in [4.69, 9.17) is 20.8 Å². The summed E-state index contributed by atoms with van der Waals surface area (Å²) in [6.07, 6.45) is 0. The predicted octanol–water partition coefficient (Wildman–Crippen LogP) is 4.98. The molecule has 0 fully saturated rings. The quantitative estimate of drug-likeness (QED) is 0.632. The molecule has 7 heteroatoms. The maximum Gasteiger partial charge on any atom is 0.229 e. The molecule has 2 aromatic carbocycles. The number of aromatic nitrogens is 1. The van der Waals surface area contributed by atoms with E-state index in [1.165, 1.54) is 0 Å². The molecule has 0 radical (unpaired) electrons. The molecule has 3 aromatic rings. The molecule has 0 aliphatic carbocycles. The molecule has 27 heavy (non-hydrogen) atoms. The van der Waals surface area contributed by atoms with E-state index in [2.05, 4.69) is 9.88 Å². The second-order valence-electron chi connectivity index (χ2n) is 6.46. The summed E-state index contributed by atoms with van der Waals surface area (Å²) in [5, 5.41) is 0.653.